The summed E-state index contributed by atoms with van der Waals surface area (Å²) in [5.41, 5.74) is -0.917. The van der Waals surface area contributed by atoms with E-state index in [0.717, 1.165) is 16.6 Å². The first kappa shape index (κ1) is 16.9. The van der Waals surface area contributed by atoms with Crippen LogP contribution in [0.1, 0.15) is 32.6 Å². The highest BCUT2D eigenvalue weighted by atomic mass is 79.9. The van der Waals surface area contributed by atoms with E-state index < -0.39 is 15.6 Å². The number of hydrogen-bond acceptors (Lipinski definition) is 4. The van der Waals surface area contributed by atoms with E-state index in [1.807, 2.05) is 0 Å². The van der Waals surface area contributed by atoms with E-state index in [-0.39, 0.29) is 11.4 Å². The molecular weight excluding hydrogens is 430 g/mol. The van der Waals surface area contributed by atoms with E-state index in [1.165, 1.54) is 11.3 Å². The molecule has 0 atom stereocenters. The molecule has 2 N–H and O–H groups in total. The Morgan fingerprint density at radius 1 is 1.45 bits per heavy atom. The van der Waals surface area contributed by atoms with Crippen molar-refractivity contribution in [3.63, 3.8) is 0 Å². The highest BCUT2D eigenvalue weighted by Crippen LogP contribution is 2.35. The van der Waals surface area contributed by atoms with Crippen molar-refractivity contribution in [2.45, 2.75) is 43.1 Å². The van der Waals surface area contributed by atoms with E-state index in [4.69, 9.17) is 0 Å². The van der Waals surface area contributed by atoms with E-state index >= 15 is 0 Å². The summed E-state index contributed by atoms with van der Waals surface area (Å²) in [5.74, 6) is 0.605. The second-order valence-electron chi connectivity index (χ2n) is 5.42. The molecule has 0 aromatic carbocycles. The summed E-state index contributed by atoms with van der Waals surface area (Å²) in [6.07, 6.45) is 3.16. The van der Waals surface area contributed by atoms with Gasteiger partial charge in [0.15, 0.2) is 0 Å². The van der Waals surface area contributed by atoms with Crippen molar-refractivity contribution < 1.29 is 13.5 Å². The van der Waals surface area contributed by atoms with Gasteiger partial charge in [0.1, 0.15) is 4.90 Å². The maximum absolute atomic E-state index is 12.2. The van der Waals surface area contributed by atoms with Crippen molar-refractivity contribution in [2.75, 3.05) is 6.54 Å². The number of nitrogens with one attached hydrogen (secondary N) is 1. The second-order valence-corrected chi connectivity index (χ2v) is 10.9. The van der Waals surface area contributed by atoms with Crippen LogP contribution in [0.15, 0.2) is 18.5 Å². The largest absolute Gasteiger partial charge is 0.389 e. The minimum atomic E-state index is -3.60. The number of thiophene rings is 1. The minimum Gasteiger partial charge on any atom is -0.389 e. The van der Waals surface area contributed by atoms with Gasteiger partial charge < -0.3 is 5.11 Å². The lowest BCUT2D eigenvalue weighted by atomic mass is 9.80. The summed E-state index contributed by atoms with van der Waals surface area (Å²) in [6, 6.07) is 1.56. The maximum atomic E-state index is 12.2. The van der Waals surface area contributed by atoms with Crippen molar-refractivity contribution >= 4 is 53.2 Å². The van der Waals surface area contributed by atoms with Gasteiger partial charge in [-0.1, -0.05) is 6.92 Å². The van der Waals surface area contributed by atoms with Gasteiger partial charge in [0.2, 0.25) is 10.0 Å². The molecule has 0 aliphatic heterocycles. The van der Waals surface area contributed by atoms with Crippen molar-refractivity contribution in [1.29, 1.82) is 0 Å². The molecule has 1 aromatic rings. The van der Waals surface area contributed by atoms with Gasteiger partial charge in [-0.05, 0) is 69.5 Å². The second kappa shape index (κ2) is 6.34. The Morgan fingerprint density at radius 3 is 2.55 bits per heavy atom. The summed E-state index contributed by atoms with van der Waals surface area (Å²) in [6.45, 7) is 2.23. The molecule has 1 aliphatic carbocycles. The molecule has 2 rings (SSSR count). The zero-order valence-electron chi connectivity index (χ0n) is 11.0. The molecule has 20 heavy (non-hydrogen) atoms. The Balaban J connectivity index is 2.04. The zero-order chi connectivity index (χ0) is 15.0. The lowest BCUT2D eigenvalue weighted by Gasteiger charge is -2.34. The third-order valence-corrected chi connectivity index (χ3v) is 7.87. The fourth-order valence-corrected chi connectivity index (χ4v) is 7.22. The van der Waals surface area contributed by atoms with Gasteiger partial charge in [-0.3, -0.25) is 0 Å². The number of hydrogen-bond donors (Lipinski definition) is 2. The number of aliphatic hydroxyl groups is 1. The Hall–Kier alpha value is 0.530. The van der Waals surface area contributed by atoms with Gasteiger partial charge in [-0.15, -0.1) is 11.3 Å². The lowest BCUT2D eigenvalue weighted by Crippen LogP contribution is -2.45. The molecule has 4 nitrogen and oxygen atoms in total. The molecule has 0 saturated heterocycles. The van der Waals surface area contributed by atoms with Crippen LogP contribution in [-0.2, 0) is 10.0 Å². The Labute approximate surface area is 140 Å². The Kier molecular flexibility index (Phi) is 5.35. The number of sulfonamides is 1. The topological polar surface area (TPSA) is 66.4 Å². The molecule has 1 aromatic heterocycles. The summed E-state index contributed by atoms with van der Waals surface area (Å²) < 4.78 is 28.3. The van der Waals surface area contributed by atoms with Crippen LogP contribution in [0.2, 0.25) is 0 Å². The summed E-state index contributed by atoms with van der Waals surface area (Å²) in [5, 5.41) is 10.4. The molecule has 1 aliphatic rings. The first-order chi connectivity index (χ1) is 9.22. The third-order valence-electron chi connectivity index (χ3n) is 3.71. The van der Waals surface area contributed by atoms with Crippen molar-refractivity contribution in [3.05, 3.63) is 13.6 Å². The van der Waals surface area contributed by atoms with E-state index in [1.54, 1.807) is 6.07 Å². The summed E-state index contributed by atoms with van der Waals surface area (Å²) >= 11 is 7.82. The lowest BCUT2D eigenvalue weighted by molar-refractivity contribution is -0.00182. The van der Waals surface area contributed by atoms with Gasteiger partial charge in [-0.25, -0.2) is 13.1 Å². The van der Waals surface area contributed by atoms with Crippen LogP contribution >= 0.6 is 43.2 Å². The van der Waals surface area contributed by atoms with Crippen molar-refractivity contribution in [1.82, 2.24) is 4.72 Å². The fourth-order valence-electron chi connectivity index (χ4n) is 2.29. The third kappa shape index (κ3) is 4.04. The molecule has 0 spiro atoms. The highest BCUT2D eigenvalue weighted by Gasteiger charge is 2.33. The first-order valence-electron chi connectivity index (χ1n) is 6.39. The number of halogens is 2. The van der Waals surface area contributed by atoms with Crippen LogP contribution in [0.25, 0.3) is 0 Å². The maximum Gasteiger partial charge on any atom is 0.242 e. The van der Waals surface area contributed by atoms with Crippen molar-refractivity contribution in [2.24, 2.45) is 5.92 Å². The average molecular weight is 447 g/mol. The summed E-state index contributed by atoms with van der Waals surface area (Å²) in [4.78, 5) is 0.210. The highest BCUT2D eigenvalue weighted by molar-refractivity contribution is 9.12. The van der Waals surface area contributed by atoms with Gasteiger partial charge in [0, 0.05) is 6.54 Å². The number of rotatable bonds is 4. The Bertz CT molecular complexity index is 578. The van der Waals surface area contributed by atoms with Crippen LogP contribution in [-0.4, -0.2) is 25.7 Å². The predicted octanol–water partition coefficient (Wildman–Crippen LogP) is 3.49. The quantitative estimate of drug-likeness (QED) is 0.743. The van der Waals surface area contributed by atoms with Gasteiger partial charge in [0.25, 0.3) is 0 Å². The molecular formula is C12H17Br2NO3S2. The Morgan fingerprint density at radius 2 is 2.05 bits per heavy atom. The van der Waals surface area contributed by atoms with Gasteiger partial charge >= 0.3 is 0 Å². The predicted molar refractivity (Wildman–Crippen MR) is 87.5 cm³/mol. The molecule has 0 amide bonds. The molecule has 0 bridgehead atoms. The first-order valence-corrected chi connectivity index (χ1v) is 10.3. The molecule has 0 unspecified atom stereocenters. The standard InChI is InChI=1S/C12H17Br2NO3S2/c1-8-2-4-12(16,5-3-8)7-15-20(17,18)9-6-10(13)19-11(9)14/h6,8,15-16H,2-5,7H2,1H3. The van der Waals surface area contributed by atoms with Gasteiger partial charge in [0.05, 0.1) is 13.2 Å². The van der Waals surface area contributed by atoms with E-state index in [9.17, 15) is 13.5 Å². The van der Waals surface area contributed by atoms with E-state index in [2.05, 4.69) is 43.5 Å². The molecule has 114 valence electrons. The smallest absolute Gasteiger partial charge is 0.242 e. The molecule has 1 saturated carbocycles. The van der Waals surface area contributed by atoms with Crippen LogP contribution < -0.4 is 4.72 Å². The van der Waals surface area contributed by atoms with Crippen LogP contribution in [0, 0.1) is 5.92 Å². The molecule has 0 radical (unpaired) electrons. The average Bonchev–Trinajstić information content (AvgIpc) is 2.71. The van der Waals surface area contributed by atoms with Crippen molar-refractivity contribution in [3.8, 4) is 0 Å². The zero-order valence-corrected chi connectivity index (χ0v) is 15.8. The molecule has 1 heterocycles. The molecule has 8 heteroatoms. The normalized spacial score (nSPS) is 27.7. The monoisotopic (exact) mass is 445 g/mol. The van der Waals surface area contributed by atoms with E-state index in [0.29, 0.717) is 22.5 Å². The SMILES string of the molecule is CC1CCC(O)(CNS(=O)(=O)c2cc(Br)sc2Br)CC1. The fraction of sp³-hybridized carbons (Fsp3) is 0.667. The summed E-state index contributed by atoms with van der Waals surface area (Å²) in [7, 11) is -3.60. The molecule has 1 fully saturated rings. The van der Waals surface area contributed by atoms with Crippen LogP contribution in [0.5, 0.6) is 0 Å². The van der Waals surface area contributed by atoms with Crippen LogP contribution in [0.3, 0.4) is 0 Å². The van der Waals surface area contributed by atoms with Gasteiger partial charge in [-0.2, -0.15) is 0 Å². The van der Waals surface area contributed by atoms with Crippen LogP contribution in [0.4, 0.5) is 0 Å². The minimum absolute atomic E-state index is 0.0714.